The van der Waals surface area contributed by atoms with Crippen molar-refractivity contribution in [2.45, 2.75) is 308 Å². The van der Waals surface area contributed by atoms with Crippen molar-refractivity contribution in [1.82, 2.24) is 4.57 Å². The zero-order chi connectivity index (χ0) is 44.6. The molecule has 352 valence electrons. The van der Waals surface area contributed by atoms with E-state index in [1.54, 1.807) is 27.8 Å². The van der Waals surface area contributed by atoms with Gasteiger partial charge in [-0.3, -0.25) is 0 Å². The fraction of sp³-hybridized carbons (Fsp3) is 0.833. The molecule has 3 unspecified atom stereocenters. The van der Waals surface area contributed by atoms with Crippen molar-refractivity contribution >= 4 is 13.8 Å². The molecular weight excluding hydrogens is 763 g/mol. The molecule has 0 N–H and O–H groups in total. The number of allylic oxidation sites excluding steroid dienone is 4. The minimum atomic E-state index is -1.81. The fourth-order valence-corrected chi connectivity index (χ4v) is 20.3. The summed E-state index contributed by atoms with van der Waals surface area (Å²) >= 11 is 0. The first-order chi connectivity index (χ1) is 29.6. The summed E-state index contributed by atoms with van der Waals surface area (Å²) in [5.74, 6) is 1.41. The average Bonchev–Trinajstić information content (AvgIpc) is 3.76. The van der Waals surface area contributed by atoms with E-state index in [0.717, 1.165) is 11.6 Å². The molecule has 5 aliphatic carbocycles. The summed E-state index contributed by atoms with van der Waals surface area (Å²) in [6.07, 6.45) is 49.8. The first-order valence-corrected chi connectivity index (χ1v) is 31.0. The molecule has 0 spiro atoms. The van der Waals surface area contributed by atoms with Crippen LogP contribution < -0.4 is 0 Å². The maximum Gasteiger partial charge on any atom is 0.126 e. The van der Waals surface area contributed by atoms with E-state index < -0.39 is 8.24 Å². The van der Waals surface area contributed by atoms with Crippen LogP contribution in [-0.4, -0.2) is 24.4 Å². The normalized spacial score (nSPS) is 24.1. The Morgan fingerprint density at radius 2 is 1.03 bits per heavy atom. The molecule has 0 aliphatic heterocycles. The third-order valence-electron chi connectivity index (χ3n) is 18.2. The molecule has 2 fully saturated rings. The van der Waals surface area contributed by atoms with Crippen LogP contribution in [0.4, 0.5) is 0 Å². The topological polar surface area (TPSA) is 3.24 Å². The van der Waals surface area contributed by atoms with Gasteiger partial charge in [0.05, 0.1) is 0 Å². The Morgan fingerprint density at radius 3 is 1.52 bits per heavy atom. The average molecular weight is 867 g/mol. The molecule has 0 saturated heterocycles. The SMILES string of the molecule is CCCCCCCCCCCCC1(CCCCCCCCCCCC)C2=CC3C(C=C2c2cc4c(cc21)C(C)(C)CCC4(C)C)CCC3[Si](C)(C)N(C1CCCCC1)C(C)(C)C. The minimum absolute atomic E-state index is 0.172. The Balaban J connectivity index is 1.35. The molecule has 2 saturated carbocycles. The van der Waals surface area contributed by atoms with Crippen molar-refractivity contribution in [1.29, 1.82) is 0 Å². The molecule has 2 heteroatoms. The van der Waals surface area contributed by atoms with E-state index in [1.807, 2.05) is 5.57 Å². The predicted molar refractivity (Wildman–Crippen MR) is 278 cm³/mol. The van der Waals surface area contributed by atoms with Crippen LogP contribution in [0.1, 0.15) is 284 Å². The highest BCUT2D eigenvalue weighted by Gasteiger charge is 2.55. The van der Waals surface area contributed by atoms with Gasteiger partial charge >= 0.3 is 0 Å². The molecule has 1 nitrogen and oxygen atoms in total. The zero-order valence-electron chi connectivity index (χ0n) is 43.5. The number of nitrogens with zero attached hydrogens (tertiary/aromatic N) is 1. The minimum Gasteiger partial charge on any atom is -0.316 e. The van der Waals surface area contributed by atoms with Crippen LogP contribution in [0, 0.1) is 11.8 Å². The van der Waals surface area contributed by atoms with Gasteiger partial charge in [0.25, 0.3) is 0 Å². The second-order valence-electron chi connectivity index (χ2n) is 25.2. The van der Waals surface area contributed by atoms with Gasteiger partial charge in [-0.2, -0.15) is 0 Å². The van der Waals surface area contributed by atoms with E-state index in [1.165, 1.54) is 199 Å². The van der Waals surface area contributed by atoms with Crippen LogP contribution in [0.3, 0.4) is 0 Å². The number of hydrogen-bond donors (Lipinski definition) is 0. The van der Waals surface area contributed by atoms with Gasteiger partial charge in [-0.1, -0.05) is 233 Å². The van der Waals surface area contributed by atoms with Gasteiger partial charge < -0.3 is 4.57 Å². The molecular formula is C60H103NSi. The second kappa shape index (κ2) is 22.1. The van der Waals surface area contributed by atoms with Crippen molar-refractivity contribution < 1.29 is 0 Å². The maximum atomic E-state index is 3.21. The van der Waals surface area contributed by atoms with Crippen molar-refractivity contribution in [3.05, 3.63) is 52.1 Å². The standard InChI is InChI=1S/C60H103NSi/c1-12-14-16-18-20-22-24-26-28-33-39-60(40-34-29-27-25-23-21-19-17-15-13-2)52-44-49-47(37-38-56(49)62(10,11)61(57(3,4)5)48-35-31-30-32-36-48)43-50(52)51-45-54-55(46-53(51)60)59(8,9)42-41-58(54,6)7/h43-49,56H,12-42H2,1-11H3. The maximum absolute atomic E-state index is 3.21. The molecule has 62 heavy (non-hydrogen) atoms. The van der Waals surface area contributed by atoms with E-state index in [9.17, 15) is 0 Å². The van der Waals surface area contributed by atoms with Crippen LogP contribution in [0.5, 0.6) is 0 Å². The van der Waals surface area contributed by atoms with E-state index in [0.29, 0.717) is 11.8 Å². The van der Waals surface area contributed by atoms with Crippen LogP contribution in [-0.2, 0) is 16.2 Å². The fourth-order valence-electron chi connectivity index (χ4n) is 14.8. The van der Waals surface area contributed by atoms with Crippen LogP contribution in [0.25, 0.3) is 5.57 Å². The van der Waals surface area contributed by atoms with Gasteiger partial charge in [-0.15, -0.1) is 0 Å². The molecule has 0 radical (unpaired) electrons. The lowest BCUT2D eigenvalue weighted by Crippen LogP contribution is -2.64. The molecule has 6 rings (SSSR count). The van der Waals surface area contributed by atoms with Gasteiger partial charge in [0.15, 0.2) is 0 Å². The lowest BCUT2D eigenvalue weighted by molar-refractivity contribution is 0.140. The molecule has 1 aromatic carbocycles. The lowest BCUT2D eigenvalue weighted by Gasteiger charge is -2.55. The quantitative estimate of drug-likeness (QED) is 0.0699. The van der Waals surface area contributed by atoms with Crippen LogP contribution in [0.15, 0.2) is 29.9 Å². The Morgan fingerprint density at radius 1 is 0.565 bits per heavy atom. The molecule has 1 aromatic rings. The third-order valence-corrected chi connectivity index (χ3v) is 23.0. The molecule has 0 amide bonds. The van der Waals surface area contributed by atoms with Crippen molar-refractivity contribution in [2.24, 2.45) is 11.8 Å². The van der Waals surface area contributed by atoms with Crippen LogP contribution >= 0.6 is 0 Å². The summed E-state index contributed by atoms with van der Waals surface area (Å²) in [6, 6.07) is 6.49. The number of fused-ring (bicyclic) bond motifs is 5. The Kier molecular flexibility index (Phi) is 17.9. The summed E-state index contributed by atoms with van der Waals surface area (Å²) in [4.78, 5) is 0. The van der Waals surface area contributed by atoms with Gasteiger partial charge in [0.2, 0.25) is 0 Å². The first-order valence-electron chi connectivity index (χ1n) is 28.0. The molecule has 0 bridgehead atoms. The highest BCUT2D eigenvalue weighted by atomic mass is 28.3. The lowest BCUT2D eigenvalue weighted by atomic mass is 9.61. The Bertz CT molecular complexity index is 1580. The number of rotatable bonds is 25. The van der Waals surface area contributed by atoms with Crippen molar-refractivity contribution in [3.8, 4) is 0 Å². The summed E-state index contributed by atoms with van der Waals surface area (Å²) in [7, 11) is -1.81. The summed E-state index contributed by atoms with van der Waals surface area (Å²) in [5.41, 5.74) is 12.1. The monoisotopic (exact) mass is 866 g/mol. The molecule has 3 atom stereocenters. The van der Waals surface area contributed by atoms with E-state index in [2.05, 4.69) is 104 Å². The Hall–Kier alpha value is -1.12. The predicted octanol–water partition coefficient (Wildman–Crippen LogP) is 19.3. The number of benzene rings is 1. The summed E-state index contributed by atoms with van der Waals surface area (Å²) in [6.45, 7) is 28.4. The van der Waals surface area contributed by atoms with Crippen LogP contribution in [0.2, 0.25) is 18.6 Å². The van der Waals surface area contributed by atoms with E-state index in [4.69, 9.17) is 0 Å². The highest BCUT2D eigenvalue weighted by Crippen LogP contribution is 2.63. The van der Waals surface area contributed by atoms with Crippen molar-refractivity contribution in [2.75, 3.05) is 0 Å². The smallest absolute Gasteiger partial charge is 0.126 e. The third kappa shape index (κ3) is 11.5. The molecule has 0 heterocycles. The van der Waals surface area contributed by atoms with Gasteiger partial charge in [0.1, 0.15) is 8.24 Å². The number of unbranched alkanes of at least 4 members (excludes halogenated alkanes) is 18. The van der Waals surface area contributed by atoms with Gasteiger partial charge in [0, 0.05) is 17.0 Å². The summed E-state index contributed by atoms with van der Waals surface area (Å²) in [5, 5.41) is 0. The van der Waals surface area contributed by atoms with E-state index in [-0.39, 0.29) is 21.8 Å². The van der Waals surface area contributed by atoms with Gasteiger partial charge in [-0.05, 0) is 127 Å². The summed E-state index contributed by atoms with van der Waals surface area (Å²) < 4.78 is 3.21. The highest BCUT2D eigenvalue weighted by molar-refractivity contribution is 6.76. The zero-order valence-corrected chi connectivity index (χ0v) is 44.5. The largest absolute Gasteiger partial charge is 0.316 e. The number of hydrogen-bond acceptors (Lipinski definition) is 1. The second-order valence-corrected chi connectivity index (χ2v) is 29.8. The Labute approximate surface area is 388 Å². The van der Waals surface area contributed by atoms with Crippen molar-refractivity contribution in [3.63, 3.8) is 0 Å². The van der Waals surface area contributed by atoms with E-state index >= 15 is 0 Å². The molecule has 5 aliphatic rings. The first kappa shape index (κ1) is 50.3. The molecule has 0 aromatic heterocycles. The van der Waals surface area contributed by atoms with Gasteiger partial charge in [-0.25, -0.2) is 0 Å².